The molecule has 1 amide bonds. The smallest absolute Gasteiger partial charge is 0.255 e. The van der Waals surface area contributed by atoms with E-state index >= 15 is 0 Å². The van der Waals surface area contributed by atoms with Crippen molar-refractivity contribution in [2.45, 2.75) is 12.5 Å². The quantitative estimate of drug-likeness (QED) is 0.361. The Balaban J connectivity index is 1.68. The molecule has 1 heterocycles. The zero-order valence-electron chi connectivity index (χ0n) is 18.5. The second-order valence-electron chi connectivity index (χ2n) is 8.14. The molecule has 0 aliphatic carbocycles. The van der Waals surface area contributed by atoms with Crippen molar-refractivity contribution in [2.75, 3.05) is 20.8 Å². The number of halogens is 1. The van der Waals surface area contributed by atoms with Crippen LogP contribution in [-0.2, 0) is 6.42 Å². The summed E-state index contributed by atoms with van der Waals surface area (Å²) < 4.78 is 11.1. The number of benzene rings is 4. The van der Waals surface area contributed by atoms with Gasteiger partial charge in [-0.2, -0.15) is 0 Å². The van der Waals surface area contributed by atoms with E-state index in [1.807, 2.05) is 83.8 Å². The summed E-state index contributed by atoms with van der Waals surface area (Å²) in [5.41, 5.74) is 3.82. The molecular formula is C28H24ClNO3. The number of fused-ring (bicyclic) bond motifs is 2. The first-order valence-corrected chi connectivity index (χ1v) is 11.3. The van der Waals surface area contributed by atoms with E-state index in [-0.39, 0.29) is 11.9 Å². The second kappa shape index (κ2) is 8.80. The van der Waals surface area contributed by atoms with Gasteiger partial charge in [-0.3, -0.25) is 4.79 Å². The number of rotatable bonds is 4. The lowest BCUT2D eigenvalue weighted by Gasteiger charge is -2.38. The standard InChI is InChI=1S/C28H24ClNO3/c1-32-25-16-19-13-14-30(28(31)23-12-6-8-18-7-3-4-11-22(18)23)27(24(19)17-26(25)33-2)20-9-5-10-21(29)15-20/h3-12,15-17,27H,13-14H2,1-2H3. The van der Waals surface area contributed by atoms with E-state index in [1.165, 1.54) is 0 Å². The maximum atomic E-state index is 14.0. The van der Waals surface area contributed by atoms with E-state index in [0.717, 1.165) is 33.9 Å². The Hall–Kier alpha value is -3.50. The third kappa shape index (κ3) is 3.81. The third-order valence-corrected chi connectivity index (χ3v) is 6.55. The van der Waals surface area contributed by atoms with Gasteiger partial charge in [-0.15, -0.1) is 0 Å². The highest BCUT2D eigenvalue weighted by atomic mass is 35.5. The van der Waals surface area contributed by atoms with E-state index in [2.05, 4.69) is 0 Å². The zero-order chi connectivity index (χ0) is 22.9. The molecule has 0 spiro atoms. The average molecular weight is 458 g/mol. The summed E-state index contributed by atoms with van der Waals surface area (Å²) in [6.45, 7) is 0.585. The van der Waals surface area contributed by atoms with Crippen molar-refractivity contribution in [3.8, 4) is 11.5 Å². The monoisotopic (exact) mass is 457 g/mol. The van der Waals surface area contributed by atoms with Crippen molar-refractivity contribution in [1.82, 2.24) is 4.90 Å². The van der Waals surface area contributed by atoms with Crippen LogP contribution in [0.25, 0.3) is 10.8 Å². The summed E-state index contributed by atoms with van der Waals surface area (Å²) in [5.74, 6) is 1.33. The molecule has 5 heteroatoms. The molecule has 0 radical (unpaired) electrons. The molecule has 4 nitrogen and oxygen atoms in total. The van der Waals surface area contributed by atoms with Gasteiger partial charge < -0.3 is 14.4 Å². The van der Waals surface area contributed by atoms with Crippen molar-refractivity contribution in [2.24, 2.45) is 0 Å². The topological polar surface area (TPSA) is 38.8 Å². The molecule has 4 aromatic carbocycles. The van der Waals surface area contributed by atoms with Crippen LogP contribution in [0.5, 0.6) is 11.5 Å². The van der Waals surface area contributed by atoms with E-state index in [1.54, 1.807) is 14.2 Å². The van der Waals surface area contributed by atoms with Crippen molar-refractivity contribution in [3.63, 3.8) is 0 Å². The van der Waals surface area contributed by atoms with Crippen LogP contribution >= 0.6 is 11.6 Å². The molecule has 0 saturated heterocycles. The minimum atomic E-state index is -0.293. The highest BCUT2D eigenvalue weighted by Gasteiger charge is 2.34. The van der Waals surface area contributed by atoms with Crippen molar-refractivity contribution in [3.05, 3.63) is 106 Å². The summed E-state index contributed by atoms with van der Waals surface area (Å²) >= 11 is 6.37. The van der Waals surface area contributed by atoms with E-state index in [0.29, 0.717) is 28.6 Å². The van der Waals surface area contributed by atoms with Crippen LogP contribution in [0, 0.1) is 0 Å². The number of hydrogen-bond donors (Lipinski definition) is 0. The summed E-state index contributed by atoms with van der Waals surface area (Å²) in [6.07, 6.45) is 0.725. The SMILES string of the molecule is COc1cc2c(cc1OC)C(c1cccc(Cl)c1)N(C(=O)c1cccc3ccccc13)CC2. The molecule has 4 aromatic rings. The van der Waals surface area contributed by atoms with Gasteiger partial charge in [-0.1, -0.05) is 60.1 Å². The molecule has 0 N–H and O–H groups in total. The van der Waals surface area contributed by atoms with Crippen LogP contribution in [0.1, 0.15) is 33.1 Å². The van der Waals surface area contributed by atoms with Gasteiger partial charge in [0.2, 0.25) is 0 Å². The number of methoxy groups -OCH3 is 2. The van der Waals surface area contributed by atoms with Crippen LogP contribution in [0.3, 0.4) is 0 Å². The lowest BCUT2D eigenvalue weighted by molar-refractivity contribution is 0.0696. The predicted octanol–water partition coefficient (Wildman–Crippen LogP) is 6.30. The number of hydrogen-bond acceptors (Lipinski definition) is 3. The molecule has 1 atom stereocenters. The minimum Gasteiger partial charge on any atom is -0.493 e. The Morgan fingerprint density at radius 2 is 1.64 bits per heavy atom. The average Bonchev–Trinajstić information content (AvgIpc) is 2.86. The number of carbonyl (C=O) groups is 1. The molecule has 1 aliphatic heterocycles. The molecule has 0 aromatic heterocycles. The van der Waals surface area contributed by atoms with Crippen LogP contribution in [0.4, 0.5) is 0 Å². The first-order chi connectivity index (χ1) is 16.1. The summed E-state index contributed by atoms with van der Waals surface area (Å²) in [5, 5.41) is 2.64. The van der Waals surface area contributed by atoms with Gasteiger partial charge >= 0.3 is 0 Å². The van der Waals surface area contributed by atoms with Gasteiger partial charge in [-0.25, -0.2) is 0 Å². The molecule has 0 fully saturated rings. The summed E-state index contributed by atoms with van der Waals surface area (Å²) in [4.78, 5) is 16.0. The summed E-state index contributed by atoms with van der Waals surface area (Å²) in [6, 6.07) is 25.3. The molecule has 0 saturated carbocycles. The number of amides is 1. The Kier molecular flexibility index (Phi) is 5.69. The Labute approximate surface area is 198 Å². The molecule has 1 aliphatic rings. The molecule has 166 valence electrons. The van der Waals surface area contributed by atoms with Crippen LogP contribution in [-0.4, -0.2) is 31.6 Å². The summed E-state index contributed by atoms with van der Waals surface area (Å²) in [7, 11) is 3.26. The van der Waals surface area contributed by atoms with Gasteiger partial charge in [-0.05, 0) is 64.2 Å². The van der Waals surface area contributed by atoms with E-state index in [4.69, 9.17) is 21.1 Å². The lowest BCUT2D eigenvalue weighted by Crippen LogP contribution is -2.40. The Morgan fingerprint density at radius 3 is 2.42 bits per heavy atom. The maximum Gasteiger partial charge on any atom is 0.255 e. The molecule has 5 rings (SSSR count). The van der Waals surface area contributed by atoms with E-state index in [9.17, 15) is 4.79 Å². The first-order valence-electron chi connectivity index (χ1n) is 10.9. The predicted molar refractivity (Wildman–Crippen MR) is 132 cm³/mol. The van der Waals surface area contributed by atoms with Gasteiger partial charge in [0.15, 0.2) is 11.5 Å². The fraction of sp³-hybridized carbons (Fsp3) is 0.179. The second-order valence-corrected chi connectivity index (χ2v) is 8.58. The van der Waals surface area contributed by atoms with Crippen molar-refractivity contribution in [1.29, 1.82) is 0 Å². The number of nitrogens with zero attached hydrogens (tertiary/aromatic N) is 1. The van der Waals surface area contributed by atoms with Crippen molar-refractivity contribution >= 4 is 28.3 Å². The van der Waals surface area contributed by atoms with Gasteiger partial charge in [0.1, 0.15) is 0 Å². The molecular weight excluding hydrogens is 434 g/mol. The fourth-order valence-electron chi connectivity index (χ4n) is 4.77. The molecule has 33 heavy (non-hydrogen) atoms. The van der Waals surface area contributed by atoms with Crippen LogP contribution < -0.4 is 9.47 Å². The first kappa shape index (κ1) is 21.4. The van der Waals surface area contributed by atoms with E-state index < -0.39 is 0 Å². The number of ether oxygens (including phenoxy) is 2. The van der Waals surface area contributed by atoms with Crippen LogP contribution in [0.2, 0.25) is 5.02 Å². The van der Waals surface area contributed by atoms with Crippen molar-refractivity contribution < 1.29 is 14.3 Å². The Morgan fingerprint density at radius 1 is 0.909 bits per heavy atom. The lowest BCUT2D eigenvalue weighted by atomic mass is 9.87. The number of carbonyl (C=O) groups excluding carboxylic acids is 1. The maximum absolute atomic E-state index is 14.0. The zero-order valence-corrected chi connectivity index (χ0v) is 19.3. The van der Waals surface area contributed by atoms with Gasteiger partial charge in [0.05, 0.1) is 20.3 Å². The Bertz CT molecular complexity index is 1350. The normalized spacial score (nSPS) is 15.2. The molecule has 0 bridgehead atoms. The molecule has 1 unspecified atom stereocenters. The third-order valence-electron chi connectivity index (χ3n) is 6.32. The largest absolute Gasteiger partial charge is 0.493 e. The highest BCUT2D eigenvalue weighted by molar-refractivity contribution is 6.30. The fourth-order valence-corrected chi connectivity index (χ4v) is 4.97. The highest BCUT2D eigenvalue weighted by Crippen LogP contribution is 2.42. The minimum absolute atomic E-state index is 0.00258. The van der Waals surface area contributed by atoms with Gasteiger partial charge in [0, 0.05) is 17.1 Å². The van der Waals surface area contributed by atoms with Crippen LogP contribution in [0.15, 0.2) is 78.9 Å². The van der Waals surface area contributed by atoms with Gasteiger partial charge in [0.25, 0.3) is 5.91 Å².